The Labute approximate surface area is 152 Å². The first-order valence-corrected chi connectivity index (χ1v) is 8.30. The molecule has 0 aliphatic heterocycles. The number of anilines is 1. The molecule has 2 aromatic heterocycles. The first-order chi connectivity index (χ1) is 12.6. The summed E-state index contributed by atoms with van der Waals surface area (Å²) in [6.07, 6.45) is 4.29. The van der Waals surface area contributed by atoms with Crippen LogP contribution in [0.4, 0.5) is 5.82 Å². The smallest absolute Gasteiger partial charge is 0.146 e. The predicted octanol–water partition coefficient (Wildman–Crippen LogP) is 2.85. The molecule has 1 atom stereocenters. The van der Waals surface area contributed by atoms with Crippen molar-refractivity contribution in [2.75, 3.05) is 12.4 Å². The minimum atomic E-state index is -0.253. The van der Waals surface area contributed by atoms with Crippen LogP contribution in [0, 0.1) is 11.3 Å². The van der Waals surface area contributed by atoms with Crippen LogP contribution in [0.2, 0.25) is 0 Å². The van der Waals surface area contributed by atoms with Crippen molar-refractivity contribution in [3.63, 3.8) is 0 Å². The second-order valence-electron chi connectivity index (χ2n) is 5.77. The van der Waals surface area contributed by atoms with E-state index in [1.54, 1.807) is 19.4 Å². The molecular formula is C19H20N6O. The van der Waals surface area contributed by atoms with Gasteiger partial charge in [-0.05, 0) is 17.7 Å². The summed E-state index contributed by atoms with van der Waals surface area (Å²) in [6.45, 7) is 1.96. The van der Waals surface area contributed by atoms with Crippen molar-refractivity contribution in [2.45, 2.75) is 19.4 Å². The minimum Gasteiger partial charge on any atom is -0.497 e. The van der Waals surface area contributed by atoms with Crippen molar-refractivity contribution in [3.05, 3.63) is 65.6 Å². The quantitative estimate of drug-likeness (QED) is 0.737. The number of nitrogens with zero attached hydrogens (tertiary/aromatic N) is 5. The zero-order chi connectivity index (χ0) is 18.5. The third-order valence-electron chi connectivity index (χ3n) is 4.04. The number of hydrogen-bond acceptors (Lipinski definition) is 6. The van der Waals surface area contributed by atoms with Crippen LogP contribution in [0.15, 0.2) is 42.7 Å². The van der Waals surface area contributed by atoms with Crippen LogP contribution in [0.5, 0.6) is 5.75 Å². The second-order valence-corrected chi connectivity index (χ2v) is 5.77. The Hall–Kier alpha value is -3.40. The molecule has 7 heteroatoms. The summed E-state index contributed by atoms with van der Waals surface area (Å²) < 4.78 is 7.30. The van der Waals surface area contributed by atoms with E-state index in [0.717, 1.165) is 17.1 Å². The molecule has 7 nitrogen and oxygen atoms in total. The molecule has 0 amide bonds. The van der Waals surface area contributed by atoms with Crippen LogP contribution >= 0.6 is 0 Å². The Morgan fingerprint density at radius 1 is 1.31 bits per heavy atom. The van der Waals surface area contributed by atoms with E-state index in [1.807, 2.05) is 49.0 Å². The number of rotatable bonds is 6. The number of benzene rings is 1. The number of methoxy groups -OCH3 is 1. The van der Waals surface area contributed by atoms with E-state index in [1.165, 1.54) is 0 Å². The number of ether oxygens (including phenoxy) is 1. The summed E-state index contributed by atoms with van der Waals surface area (Å²) in [5, 5.41) is 12.6. The van der Waals surface area contributed by atoms with E-state index < -0.39 is 0 Å². The van der Waals surface area contributed by atoms with E-state index in [9.17, 15) is 5.26 Å². The van der Waals surface area contributed by atoms with Crippen molar-refractivity contribution in [1.29, 1.82) is 5.26 Å². The van der Waals surface area contributed by atoms with Crippen LogP contribution in [-0.4, -0.2) is 26.6 Å². The molecule has 0 fully saturated rings. The topological polar surface area (TPSA) is 88.6 Å². The van der Waals surface area contributed by atoms with E-state index >= 15 is 0 Å². The van der Waals surface area contributed by atoms with Gasteiger partial charge in [0, 0.05) is 31.9 Å². The van der Waals surface area contributed by atoms with Crippen LogP contribution in [0.1, 0.15) is 35.9 Å². The fourth-order valence-corrected chi connectivity index (χ4v) is 2.71. The lowest BCUT2D eigenvalue weighted by Crippen LogP contribution is -2.18. The lowest BCUT2D eigenvalue weighted by Gasteiger charge is -2.20. The maximum Gasteiger partial charge on any atom is 0.146 e. The molecule has 0 saturated heterocycles. The predicted molar refractivity (Wildman–Crippen MR) is 97.8 cm³/mol. The Kier molecular flexibility index (Phi) is 5.13. The molecule has 3 aromatic rings. The molecule has 0 aliphatic carbocycles. The van der Waals surface area contributed by atoms with Crippen LogP contribution in [-0.2, 0) is 13.5 Å². The molecule has 26 heavy (non-hydrogen) atoms. The zero-order valence-corrected chi connectivity index (χ0v) is 15.0. The number of nitriles is 1. The van der Waals surface area contributed by atoms with Gasteiger partial charge in [-0.1, -0.05) is 19.1 Å². The lowest BCUT2D eigenvalue weighted by atomic mass is 10.1. The van der Waals surface area contributed by atoms with Crippen molar-refractivity contribution in [1.82, 2.24) is 19.5 Å². The van der Waals surface area contributed by atoms with E-state index in [-0.39, 0.29) is 6.04 Å². The molecule has 0 aliphatic rings. The number of nitrogens with one attached hydrogen (secondary N) is 1. The van der Waals surface area contributed by atoms with Crippen molar-refractivity contribution in [2.24, 2.45) is 7.05 Å². The van der Waals surface area contributed by atoms with Gasteiger partial charge < -0.3 is 14.6 Å². The van der Waals surface area contributed by atoms with Gasteiger partial charge >= 0.3 is 0 Å². The summed E-state index contributed by atoms with van der Waals surface area (Å²) in [4.78, 5) is 13.2. The van der Waals surface area contributed by atoms with Gasteiger partial charge in [-0.3, -0.25) is 0 Å². The van der Waals surface area contributed by atoms with Crippen molar-refractivity contribution < 1.29 is 4.74 Å². The van der Waals surface area contributed by atoms with Gasteiger partial charge in [-0.2, -0.15) is 5.26 Å². The highest BCUT2D eigenvalue weighted by molar-refractivity contribution is 5.46. The Morgan fingerprint density at radius 2 is 2.15 bits per heavy atom. The Balaban J connectivity index is 2.05. The summed E-state index contributed by atoms with van der Waals surface area (Å²) in [7, 11) is 3.58. The Morgan fingerprint density at radius 3 is 2.81 bits per heavy atom. The average Bonchev–Trinajstić information content (AvgIpc) is 3.11. The highest BCUT2D eigenvalue weighted by Crippen LogP contribution is 2.27. The molecular weight excluding hydrogens is 328 g/mol. The summed E-state index contributed by atoms with van der Waals surface area (Å²) in [5.41, 5.74) is 1.32. The maximum atomic E-state index is 9.23. The largest absolute Gasteiger partial charge is 0.497 e. The van der Waals surface area contributed by atoms with Gasteiger partial charge in [-0.25, -0.2) is 15.0 Å². The summed E-state index contributed by atoms with van der Waals surface area (Å²) >= 11 is 0. The van der Waals surface area contributed by atoms with E-state index in [2.05, 4.69) is 26.3 Å². The highest BCUT2D eigenvalue weighted by Gasteiger charge is 2.20. The third-order valence-corrected chi connectivity index (χ3v) is 4.04. The van der Waals surface area contributed by atoms with Crippen LogP contribution < -0.4 is 10.1 Å². The van der Waals surface area contributed by atoms with Crippen molar-refractivity contribution in [3.8, 4) is 11.8 Å². The van der Waals surface area contributed by atoms with Crippen LogP contribution in [0.3, 0.4) is 0 Å². The van der Waals surface area contributed by atoms with Gasteiger partial charge in [0.2, 0.25) is 0 Å². The maximum absolute atomic E-state index is 9.23. The number of hydrogen-bond donors (Lipinski definition) is 1. The molecule has 0 spiro atoms. The average molecular weight is 348 g/mol. The molecule has 0 radical (unpaired) electrons. The fourth-order valence-electron chi connectivity index (χ4n) is 2.71. The molecule has 0 saturated carbocycles. The van der Waals surface area contributed by atoms with Gasteiger partial charge in [0.25, 0.3) is 0 Å². The molecule has 0 bridgehead atoms. The monoisotopic (exact) mass is 348 g/mol. The first kappa shape index (κ1) is 17.4. The first-order valence-electron chi connectivity index (χ1n) is 8.30. The van der Waals surface area contributed by atoms with E-state index in [4.69, 9.17) is 4.74 Å². The molecule has 132 valence electrons. The zero-order valence-electron chi connectivity index (χ0n) is 15.0. The molecule has 2 heterocycles. The molecule has 3 rings (SSSR count). The van der Waals surface area contributed by atoms with Gasteiger partial charge in [0.15, 0.2) is 0 Å². The second kappa shape index (κ2) is 7.66. The Bertz CT molecular complexity index is 943. The molecule has 1 N–H and O–H groups in total. The fraction of sp³-hybridized carbons (Fsp3) is 0.263. The van der Waals surface area contributed by atoms with Gasteiger partial charge in [0.05, 0.1) is 7.11 Å². The number of imidazole rings is 1. The third kappa shape index (κ3) is 3.64. The molecule has 1 aromatic carbocycles. The summed E-state index contributed by atoms with van der Waals surface area (Å²) in [5.74, 6) is 2.80. The minimum absolute atomic E-state index is 0.253. The molecule has 1 unspecified atom stereocenters. The van der Waals surface area contributed by atoms with E-state index in [0.29, 0.717) is 23.8 Å². The number of aromatic nitrogens is 4. The van der Waals surface area contributed by atoms with Gasteiger partial charge in [-0.15, -0.1) is 0 Å². The lowest BCUT2D eigenvalue weighted by molar-refractivity contribution is 0.414. The normalized spacial score (nSPS) is 11.6. The SMILES string of the molecule is CCc1nc(C#N)cc(NC(c2cccc(OC)c2)c2nccn2C)n1. The van der Waals surface area contributed by atoms with Crippen LogP contribution in [0.25, 0.3) is 0 Å². The van der Waals surface area contributed by atoms with Gasteiger partial charge in [0.1, 0.15) is 41.0 Å². The summed E-state index contributed by atoms with van der Waals surface area (Å²) in [6, 6.07) is 11.3. The standard InChI is InChI=1S/C19H20N6O/c1-4-16-22-14(12-20)11-17(23-16)24-18(19-21-8-9-25(19)2)13-6-5-7-15(10-13)26-3/h5-11,18H,4H2,1-3H3,(H,22,23,24). The van der Waals surface area contributed by atoms with Crippen molar-refractivity contribution >= 4 is 5.82 Å². The number of aryl methyl sites for hydroxylation is 2. The highest BCUT2D eigenvalue weighted by atomic mass is 16.5.